The molecule has 1 aliphatic heterocycles. The van der Waals surface area contributed by atoms with Crippen molar-refractivity contribution < 1.29 is 18.0 Å². The lowest BCUT2D eigenvalue weighted by Crippen LogP contribution is -2.46. The Morgan fingerprint density at radius 1 is 1.07 bits per heavy atom. The monoisotopic (exact) mass is 430 g/mol. The van der Waals surface area contributed by atoms with E-state index in [4.69, 9.17) is 0 Å². The Hall–Kier alpha value is -1.70. The fraction of sp³-hybridized carbons (Fsp3) is 0.350. The fourth-order valence-electron chi connectivity index (χ4n) is 3.28. The Morgan fingerprint density at radius 2 is 1.68 bits per heavy atom. The predicted molar refractivity (Wildman–Crippen MR) is 109 cm³/mol. The average Bonchev–Trinajstić information content (AvgIpc) is 2.65. The van der Waals surface area contributed by atoms with E-state index in [1.54, 1.807) is 19.1 Å². The van der Waals surface area contributed by atoms with Gasteiger partial charge in [-0.2, -0.15) is 13.2 Å². The summed E-state index contributed by atoms with van der Waals surface area (Å²) in [5, 5.41) is 0. The van der Waals surface area contributed by atoms with Crippen LogP contribution in [0.5, 0.6) is 0 Å². The molecular formula is C20H22ClF3N2OS. The molecule has 0 bridgehead atoms. The summed E-state index contributed by atoms with van der Waals surface area (Å²) < 4.78 is 39.8. The van der Waals surface area contributed by atoms with Crippen LogP contribution >= 0.6 is 24.2 Å². The molecule has 1 heterocycles. The van der Waals surface area contributed by atoms with Crippen LogP contribution in [-0.4, -0.2) is 29.9 Å². The summed E-state index contributed by atoms with van der Waals surface area (Å²) in [6.45, 7) is 7.09. The molecule has 1 atom stereocenters. The van der Waals surface area contributed by atoms with Crippen molar-refractivity contribution in [3.8, 4) is 0 Å². The molecule has 0 aromatic heterocycles. The maximum atomic E-state index is 13.3. The lowest BCUT2D eigenvalue weighted by Gasteiger charge is -2.36. The van der Waals surface area contributed by atoms with Crippen molar-refractivity contribution in [2.45, 2.75) is 42.8 Å². The van der Waals surface area contributed by atoms with Crippen LogP contribution in [0.15, 0.2) is 52.3 Å². The standard InChI is InChI=1S/C20H21F3N2OS.ClH/c1-4-24(5-2)13(3)19(26)25-15-8-6-7-9-17(15)27-18-11-10-14(12-16(18)25)20(21,22)23;/h6-13H,4-5H2,1-3H3;1H. The van der Waals surface area contributed by atoms with Crippen molar-refractivity contribution in [1.29, 1.82) is 0 Å². The number of amides is 1. The second-order valence-electron chi connectivity index (χ2n) is 6.32. The van der Waals surface area contributed by atoms with E-state index < -0.39 is 17.8 Å². The van der Waals surface area contributed by atoms with Gasteiger partial charge in [-0.05, 0) is 50.3 Å². The molecule has 1 unspecified atom stereocenters. The summed E-state index contributed by atoms with van der Waals surface area (Å²) in [6.07, 6.45) is -4.46. The van der Waals surface area contributed by atoms with Crippen LogP contribution < -0.4 is 4.90 Å². The van der Waals surface area contributed by atoms with E-state index in [0.717, 1.165) is 17.0 Å². The molecule has 3 nitrogen and oxygen atoms in total. The highest BCUT2D eigenvalue weighted by atomic mass is 35.5. The topological polar surface area (TPSA) is 23.6 Å². The van der Waals surface area contributed by atoms with Crippen molar-refractivity contribution in [1.82, 2.24) is 4.90 Å². The third-order valence-corrected chi connectivity index (χ3v) is 5.92. The van der Waals surface area contributed by atoms with Crippen LogP contribution in [0.3, 0.4) is 0 Å². The number of carbonyl (C=O) groups is 1. The minimum Gasteiger partial charge on any atom is -0.293 e. The van der Waals surface area contributed by atoms with E-state index in [0.29, 0.717) is 23.7 Å². The van der Waals surface area contributed by atoms with Gasteiger partial charge in [0.1, 0.15) is 0 Å². The summed E-state index contributed by atoms with van der Waals surface area (Å²) in [5.41, 5.74) is 0.158. The van der Waals surface area contributed by atoms with Crippen molar-refractivity contribution in [3.63, 3.8) is 0 Å². The quantitative estimate of drug-likeness (QED) is 0.595. The number of anilines is 2. The second-order valence-corrected chi connectivity index (χ2v) is 7.40. The van der Waals surface area contributed by atoms with Crippen molar-refractivity contribution in [3.05, 3.63) is 48.0 Å². The van der Waals surface area contributed by atoms with Gasteiger partial charge >= 0.3 is 6.18 Å². The summed E-state index contributed by atoms with van der Waals surface area (Å²) in [4.78, 5) is 18.3. The molecule has 0 spiro atoms. The van der Waals surface area contributed by atoms with Crippen molar-refractivity contribution in [2.75, 3.05) is 18.0 Å². The highest BCUT2D eigenvalue weighted by Crippen LogP contribution is 2.49. The minimum atomic E-state index is -4.46. The van der Waals surface area contributed by atoms with Crippen LogP contribution in [0.2, 0.25) is 0 Å². The minimum absolute atomic E-state index is 0. The van der Waals surface area contributed by atoms with E-state index >= 15 is 0 Å². The summed E-state index contributed by atoms with van der Waals surface area (Å²) >= 11 is 1.38. The fourth-order valence-corrected chi connectivity index (χ4v) is 4.32. The number of para-hydroxylation sites is 1. The van der Waals surface area contributed by atoms with E-state index in [1.807, 2.05) is 30.9 Å². The summed E-state index contributed by atoms with van der Waals surface area (Å²) in [5.74, 6) is -0.230. The number of fused-ring (bicyclic) bond motifs is 2. The highest BCUT2D eigenvalue weighted by Gasteiger charge is 2.36. The molecule has 28 heavy (non-hydrogen) atoms. The van der Waals surface area contributed by atoms with Crippen molar-refractivity contribution >= 4 is 41.5 Å². The van der Waals surface area contributed by atoms with Crippen LogP contribution in [-0.2, 0) is 11.0 Å². The Labute approximate surface area is 173 Å². The zero-order valence-corrected chi connectivity index (χ0v) is 17.4. The number of alkyl halides is 3. The van der Waals surface area contributed by atoms with E-state index in [2.05, 4.69) is 0 Å². The summed E-state index contributed by atoms with van der Waals surface area (Å²) in [7, 11) is 0. The number of likely N-dealkylation sites (N-methyl/N-ethyl adjacent to an activating group) is 1. The number of hydrogen-bond acceptors (Lipinski definition) is 3. The molecule has 0 fully saturated rings. The number of halogens is 4. The van der Waals surface area contributed by atoms with Gasteiger partial charge in [0.25, 0.3) is 0 Å². The summed E-state index contributed by atoms with van der Waals surface area (Å²) in [6, 6.07) is 10.4. The van der Waals surface area contributed by atoms with Crippen LogP contribution in [0.4, 0.5) is 24.5 Å². The number of hydrogen-bond donors (Lipinski definition) is 0. The number of nitrogens with zero attached hydrogens (tertiary/aromatic N) is 2. The predicted octanol–water partition coefficient (Wildman–Crippen LogP) is 5.99. The molecule has 0 N–H and O–H groups in total. The molecule has 0 saturated heterocycles. The Morgan fingerprint density at radius 3 is 2.29 bits per heavy atom. The first-order valence-electron chi connectivity index (χ1n) is 8.84. The zero-order chi connectivity index (χ0) is 19.8. The molecule has 1 aliphatic rings. The Balaban J connectivity index is 0.00000280. The second kappa shape index (κ2) is 8.76. The Bertz CT molecular complexity index is 856. The highest BCUT2D eigenvalue weighted by molar-refractivity contribution is 7.99. The third-order valence-electron chi connectivity index (χ3n) is 4.79. The van der Waals surface area contributed by atoms with E-state index in [1.165, 1.54) is 22.7 Å². The zero-order valence-electron chi connectivity index (χ0n) is 15.8. The molecule has 2 aromatic rings. The molecule has 0 saturated carbocycles. The van der Waals surface area contributed by atoms with E-state index in [-0.39, 0.29) is 24.0 Å². The van der Waals surface area contributed by atoms with Gasteiger partial charge in [0.05, 0.1) is 23.0 Å². The molecule has 0 aliphatic carbocycles. The van der Waals surface area contributed by atoms with Crippen molar-refractivity contribution in [2.24, 2.45) is 0 Å². The van der Waals surface area contributed by atoms with Gasteiger partial charge in [-0.1, -0.05) is 37.7 Å². The van der Waals surface area contributed by atoms with Gasteiger partial charge in [0, 0.05) is 9.79 Å². The lowest BCUT2D eigenvalue weighted by atomic mass is 10.1. The molecule has 8 heteroatoms. The molecule has 1 amide bonds. The number of benzene rings is 2. The molecular weight excluding hydrogens is 409 g/mol. The first-order chi connectivity index (χ1) is 12.8. The molecule has 3 rings (SSSR count). The number of rotatable bonds is 4. The van der Waals surface area contributed by atoms with Gasteiger partial charge < -0.3 is 0 Å². The maximum Gasteiger partial charge on any atom is 0.416 e. The molecule has 152 valence electrons. The largest absolute Gasteiger partial charge is 0.416 e. The van der Waals surface area contributed by atoms with Crippen LogP contribution in [0.1, 0.15) is 26.3 Å². The van der Waals surface area contributed by atoms with Gasteiger partial charge in [-0.15, -0.1) is 12.4 Å². The SMILES string of the molecule is CCN(CC)C(C)C(=O)N1c2ccccc2Sc2ccc(C(F)(F)F)cc21.Cl. The maximum absolute atomic E-state index is 13.3. The molecule has 0 radical (unpaired) electrons. The van der Waals surface area contributed by atoms with Gasteiger partial charge in [-0.3, -0.25) is 14.6 Å². The van der Waals surface area contributed by atoms with Gasteiger partial charge in [-0.25, -0.2) is 0 Å². The smallest absolute Gasteiger partial charge is 0.293 e. The van der Waals surface area contributed by atoms with Gasteiger partial charge in [0.15, 0.2) is 0 Å². The molecule has 2 aromatic carbocycles. The lowest BCUT2D eigenvalue weighted by molar-refractivity contribution is -0.137. The normalized spacial score (nSPS) is 14.2. The first-order valence-corrected chi connectivity index (χ1v) is 9.65. The Kier molecular flexibility index (Phi) is 7.07. The van der Waals surface area contributed by atoms with Crippen LogP contribution in [0.25, 0.3) is 0 Å². The average molecular weight is 431 g/mol. The number of carbonyl (C=O) groups excluding carboxylic acids is 1. The first kappa shape index (κ1) is 22.6. The van der Waals surface area contributed by atoms with Gasteiger partial charge in [0.2, 0.25) is 5.91 Å². The third kappa shape index (κ3) is 4.16. The van der Waals surface area contributed by atoms with Crippen LogP contribution in [0, 0.1) is 0 Å². The van der Waals surface area contributed by atoms with E-state index in [9.17, 15) is 18.0 Å².